The number of carbonyl (C=O) groups is 1. The van der Waals surface area contributed by atoms with Gasteiger partial charge in [0.2, 0.25) is 5.69 Å². The minimum absolute atomic E-state index is 0.0356. The predicted molar refractivity (Wildman–Crippen MR) is 124 cm³/mol. The highest BCUT2D eigenvalue weighted by molar-refractivity contribution is 5.91. The first-order chi connectivity index (χ1) is 15.8. The summed E-state index contributed by atoms with van der Waals surface area (Å²) >= 11 is 0. The van der Waals surface area contributed by atoms with E-state index in [1.54, 1.807) is 43.5 Å². The lowest BCUT2D eigenvalue weighted by Crippen LogP contribution is -2.46. The Kier molecular flexibility index (Phi) is 7.78. The standard InChI is InChI=1S/C24H28N4O5/c1-16-11-17(2)13-19(12-16)28-24(31)27(15-18-7-5-8-20(14-18)33-4)23(30)21(26-28)22(29)25-9-6-10-32-3/h5,7-8,11-14H,6,9-10,15H2,1-4H3,(H,25,29). The fraction of sp³-hybridized carbons (Fsp3) is 0.333. The van der Waals surface area contributed by atoms with Gasteiger partial charge >= 0.3 is 5.69 Å². The van der Waals surface area contributed by atoms with Crippen LogP contribution in [0.2, 0.25) is 0 Å². The molecule has 9 heteroatoms. The van der Waals surface area contributed by atoms with Gasteiger partial charge in [-0.3, -0.25) is 14.2 Å². The van der Waals surface area contributed by atoms with Gasteiger partial charge < -0.3 is 14.8 Å². The van der Waals surface area contributed by atoms with Gasteiger partial charge in [-0.1, -0.05) is 18.2 Å². The van der Waals surface area contributed by atoms with E-state index in [4.69, 9.17) is 9.47 Å². The summed E-state index contributed by atoms with van der Waals surface area (Å²) in [6.45, 7) is 4.54. The number of rotatable bonds is 9. The van der Waals surface area contributed by atoms with E-state index in [1.807, 2.05) is 19.9 Å². The lowest BCUT2D eigenvalue weighted by atomic mass is 10.1. The van der Waals surface area contributed by atoms with Crippen LogP contribution >= 0.6 is 0 Å². The van der Waals surface area contributed by atoms with Gasteiger partial charge in [0.15, 0.2) is 0 Å². The van der Waals surface area contributed by atoms with Crippen molar-refractivity contribution in [2.75, 3.05) is 27.4 Å². The normalized spacial score (nSPS) is 10.8. The lowest BCUT2D eigenvalue weighted by Gasteiger charge is -2.13. The number of hydrogen-bond donors (Lipinski definition) is 1. The minimum Gasteiger partial charge on any atom is -0.497 e. The maximum absolute atomic E-state index is 13.3. The third-order valence-corrected chi connectivity index (χ3v) is 5.01. The molecule has 0 atom stereocenters. The van der Waals surface area contributed by atoms with Crippen LogP contribution in [0, 0.1) is 13.8 Å². The molecule has 0 fully saturated rings. The lowest BCUT2D eigenvalue weighted by molar-refractivity contribution is 0.0938. The molecule has 2 aromatic carbocycles. The Morgan fingerprint density at radius 2 is 1.79 bits per heavy atom. The van der Waals surface area contributed by atoms with Crippen LogP contribution < -0.4 is 21.3 Å². The van der Waals surface area contributed by atoms with Gasteiger partial charge in [0, 0.05) is 20.3 Å². The van der Waals surface area contributed by atoms with Gasteiger partial charge in [-0.05, 0) is 61.2 Å². The molecule has 0 aliphatic carbocycles. The van der Waals surface area contributed by atoms with Crippen molar-refractivity contribution in [3.63, 3.8) is 0 Å². The van der Waals surface area contributed by atoms with E-state index in [0.717, 1.165) is 20.4 Å². The van der Waals surface area contributed by atoms with Crippen molar-refractivity contribution in [1.29, 1.82) is 0 Å². The van der Waals surface area contributed by atoms with Crippen molar-refractivity contribution < 1.29 is 14.3 Å². The second-order valence-corrected chi connectivity index (χ2v) is 7.73. The summed E-state index contributed by atoms with van der Waals surface area (Å²) in [6, 6.07) is 12.6. The number of benzene rings is 2. The summed E-state index contributed by atoms with van der Waals surface area (Å²) in [5.74, 6) is -0.0473. The van der Waals surface area contributed by atoms with E-state index in [2.05, 4.69) is 10.4 Å². The molecule has 1 heterocycles. The number of methoxy groups -OCH3 is 2. The molecule has 1 amide bonds. The van der Waals surface area contributed by atoms with Crippen LogP contribution in [0.1, 0.15) is 33.6 Å². The maximum atomic E-state index is 13.3. The molecule has 0 aliphatic heterocycles. The first kappa shape index (κ1) is 23.9. The Bertz CT molecular complexity index is 1240. The number of ether oxygens (including phenoxy) is 2. The Morgan fingerprint density at radius 3 is 2.45 bits per heavy atom. The van der Waals surface area contributed by atoms with Crippen molar-refractivity contribution in [2.45, 2.75) is 26.8 Å². The van der Waals surface area contributed by atoms with E-state index in [9.17, 15) is 14.4 Å². The molecule has 3 rings (SSSR count). The molecule has 0 radical (unpaired) electrons. The van der Waals surface area contributed by atoms with Gasteiger partial charge in [-0.15, -0.1) is 0 Å². The minimum atomic E-state index is -0.757. The van der Waals surface area contributed by atoms with Crippen LogP contribution in [0.5, 0.6) is 5.75 Å². The molecule has 0 spiro atoms. The van der Waals surface area contributed by atoms with Crippen molar-refractivity contribution in [1.82, 2.24) is 19.7 Å². The molecule has 33 heavy (non-hydrogen) atoms. The van der Waals surface area contributed by atoms with Gasteiger partial charge in [-0.25, -0.2) is 4.79 Å². The summed E-state index contributed by atoms with van der Waals surface area (Å²) in [7, 11) is 3.11. The quantitative estimate of drug-likeness (QED) is 0.497. The number of aryl methyl sites for hydroxylation is 2. The molecular weight excluding hydrogens is 424 g/mol. The topological polar surface area (TPSA) is 104 Å². The van der Waals surface area contributed by atoms with Crippen molar-refractivity contribution in [3.8, 4) is 11.4 Å². The van der Waals surface area contributed by atoms with E-state index >= 15 is 0 Å². The first-order valence-electron chi connectivity index (χ1n) is 10.6. The molecular formula is C24H28N4O5. The molecule has 0 unspecified atom stereocenters. The largest absolute Gasteiger partial charge is 0.497 e. The van der Waals surface area contributed by atoms with Gasteiger partial charge in [0.05, 0.1) is 19.3 Å². The van der Waals surface area contributed by atoms with E-state index in [0.29, 0.717) is 36.6 Å². The number of nitrogens with one attached hydrogen (secondary N) is 1. The Labute approximate surface area is 191 Å². The third kappa shape index (κ3) is 5.75. The zero-order valence-electron chi connectivity index (χ0n) is 19.3. The van der Waals surface area contributed by atoms with Gasteiger partial charge in [0.1, 0.15) is 5.75 Å². The summed E-state index contributed by atoms with van der Waals surface area (Å²) in [6.07, 6.45) is 0.580. The average molecular weight is 453 g/mol. The summed E-state index contributed by atoms with van der Waals surface area (Å²) in [4.78, 5) is 39.3. The molecule has 0 aliphatic rings. The zero-order valence-corrected chi connectivity index (χ0v) is 19.3. The Morgan fingerprint density at radius 1 is 1.06 bits per heavy atom. The van der Waals surface area contributed by atoms with Crippen LogP contribution in [0.25, 0.3) is 5.69 Å². The zero-order chi connectivity index (χ0) is 24.0. The van der Waals surface area contributed by atoms with E-state index in [-0.39, 0.29) is 12.2 Å². The third-order valence-electron chi connectivity index (χ3n) is 5.01. The second kappa shape index (κ2) is 10.7. The van der Waals surface area contributed by atoms with Crippen LogP contribution in [0.3, 0.4) is 0 Å². The fourth-order valence-corrected chi connectivity index (χ4v) is 3.49. The maximum Gasteiger partial charge on any atom is 0.352 e. The SMILES string of the molecule is COCCCNC(=O)c1nn(-c2cc(C)cc(C)c2)c(=O)n(Cc2cccc(OC)c2)c1=O. The second-order valence-electron chi connectivity index (χ2n) is 7.73. The number of amides is 1. The number of nitrogens with zero attached hydrogens (tertiary/aromatic N) is 3. The molecule has 0 saturated heterocycles. The van der Waals surface area contributed by atoms with E-state index in [1.165, 1.54) is 7.11 Å². The predicted octanol–water partition coefficient (Wildman–Crippen LogP) is 1.83. The molecule has 9 nitrogen and oxygen atoms in total. The van der Waals surface area contributed by atoms with Crippen LogP contribution in [-0.4, -0.2) is 47.6 Å². The fourth-order valence-electron chi connectivity index (χ4n) is 3.49. The molecule has 1 aromatic heterocycles. The highest BCUT2D eigenvalue weighted by atomic mass is 16.5. The summed E-state index contributed by atoms with van der Waals surface area (Å²) in [5, 5.41) is 6.84. The Hall–Kier alpha value is -3.72. The smallest absolute Gasteiger partial charge is 0.352 e. The number of aromatic nitrogens is 3. The number of carbonyl (C=O) groups excluding carboxylic acids is 1. The molecule has 174 valence electrons. The average Bonchev–Trinajstić information content (AvgIpc) is 2.79. The van der Waals surface area contributed by atoms with Crippen LogP contribution in [0.4, 0.5) is 0 Å². The van der Waals surface area contributed by atoms with Crippen molar-refractivity contribution in [3.05, 3.63) is 85.7 Å². The molecule has 1 N–H and O–H groups in total. The molecule has 0 bridgehead atoms. The van der Waals surface area contributed by atoms with Gasteiger partial charge in [-0.2, -0.15) is 9.78 Å². The highest BCUT2D eigenvalue weighted by Crippen LogP contribution is 2.14. The highest BCUT2D eigenvalue weighted by Gasteiger charge is 2.20. The summed E-state index contributed by atoms with van der Waals surface area (Å²) in [5.41, 5.74) is 1.26. The molecule has 0 saturated carbocycles. The van der Waals surface area contributed by atoms with Crippen molar-refractivity contribution >= 4 is 5.91 Å². The van der Waals surface area contributed by atoms with E-state index < -0.39 is 17.2 Å². The van der Waals surface area contributed by atoms with Crippen molar-refractivity contribution in [2.24, 2.45) is 0 Å². The number of hydrogen-bond acceptors (Lipinski definition) is 6. The Balaban J connectivity index is 2.13. The summed E-state index contributed by atoms with van der Waals surface area (Å²) < 4.78 is 12.3. The van der Waals surface area contributed by atoms with Crippen LogP contribution in [-0.2, 0) is 11.3 Å². The van der Waals surface area contributed by atoms with Gasteiger partial charge in [0.25, 0.3) is 11.5 Å². The molecule has 3 aromatic rings. The first-order valence-corrected chi connectivity index (χ1v) is 10.6. The van der Waals surface area contributed by atoms with Crippen LogP contribution in [0.15, 0.2) is 52.1 Å². The monoisotopic (exact) mass is 452 g/mol.